The van der Waals surface area contributed by atoms with E-state index < -0.39 is 0 Å². The molecule has 2 N–H and O–H groups in total. The zero-order valence-corrected chi connectivity index (χ0v) is 21.2. The van der Waals surface area contributed by atoms with Crippen molar-refractivity contribution in [2.45, 2.75) is 19.8 Å². The molecule has 35 heavy (non-hydrogen) atoms. The number of benzene rings is 2. The van der Waals surface area contributed by atoms with Gasteiger partial charge in [-0.3, -0.25) is 9.59 Å². The van der Waals surface area contributed by atoms with Crippen LogP contribution in [0.1, 0.15) is 19.8 Å². The van der Waals surface area contributed by atoms with Crippen LogP contribution < -0.4 is 29.6 Å². The first kappa shape index (κ1) is 25.8. The van der Waals surface area contributed by atoms with Crippen molar-refractivity contribution in [3.8, 4) is 44.6 Å². The molecule has 10 heteroatoms. The molecular formula is C25H29N3O6S. The molecule has 0 radical (unpaired) electrons. The van der Waals surface area contributed by atoms with Gasteiger partial charge < -0.3 is 29.6 Å². The lowest BCUT2D eigenvalue weighted by Crippen LogP contribution is -2.32. The SMILES string of the molecule is CCCC(=O)NCC(=O)Nc1cc(-c2cnsc2-c2cc(OC)c(OC)c(OC)c2)ccc1OC. The first-order valence-electron chi connectivity index (χ1n) is 11.0. The second-order valence-corrected chi connectivity index (χ2v) is 8.27. The average Bonchev–Trinajstić information content (AvgIpc) is 3.36. The fourth-order valence-corrected chi connectivity index (χ4v) is 4.28. The Morgan fingerprint density at radius 2 is 1.57 bits per heavy atom. The molecular weight excluding hydrogens is 470 g/mol. The number of anilines is 1. The molecule has 3 aromatic rings. The number of carbonyl (C=O) groups excluding carboxylic acids is 2. The van der Waals surface area contributed by atoms with Gasteiger partial charge in [0.05, 0.1) is 45.5 Å². The van der Waals surface area contributed by atoms with E-state index in [1.165, 1.54) is 18.6 Å². The lowest BCUT2D eigenvalue weighted by atomic mass is 10.0. The molecule has 9 nitrogen and oxygen atoms in total. The van der Waals surface area contributed by atoms with Crippen LogP contribution in [0.5, 0.6) is 23.0 Å². The van der Waals surface area contributed by atoms with E-state index in [0.29, 0.717) is 41.5 Å². The normalized spacial score (nSPS) is 10.4. The first-order valence-corrected chi connectivity index (χ1v) is 11.7. The summed E-state index contributed by atoms with van der Waals surface area (Å²) >= 11 is 1.33. The van der Waals surface area contributed by atoms with Crippen LogP contribution >= 0.6 is 11.5 Å². The predicted molar refractivity (Wildman–Crippen MR) is 136 cm³/mol. The van der Waals surface area contributed by atoms with Crippen molar-refractivity contribution in [2.24, 2.45) is 0 Å². The molecule has 0 unspecified atom stereocenters. The maximum atomic E-state index is 12.4. The summed E-state index contributed by atoms with van der Waals surface area (Å²) in [5.41, 5.74) is 3.02. The summed E-state index contributed by atoms with van der Waals surface area (Å²) in [7, 11) is 6.22. The Hall–Kier alpha value is -3.79. The lowest BCUT2D eigenvalue weighted by molar-refractivity contribution is -0.124. The summed E-state index contributed by atoms with van der Waals surface area (Å²) < 4.78 is 26.2. The van der Waals surface area contributed by atoms with Crippen LogP contribution in [0, 0.1) is 0 Å². The van der Waals surface area contributed by atoms with Gasteiger partial charge in [-0.1, -0.05) is 13.0 Å². The second-order valence-electron chi connectivity index (χ2n) is 7.47. The van der Waals surface area contributed by atoms with Crippen molar-refractivity contribution in [1.29, 1.82) is 0 Å². The number of nitrogens with zero attached hydrogens (tertiary/aromatic N) is 1. The molecule has 0 saturated carbocycles. The van der Waals surface area contributed by atoms with E-state index in [0.717, 1.165) is 21.6 Å². The van der Waals surface area contributed by atoms with Gasteiger partial charge in [0.1, 0.15) is 5.75 Å². The van der Waals surface area contributed by atoms with Gasteiger partial charge in [0.25, 0.3) is 0 Å². The first-order chi connectivity index (χ1) is 16.9. The number of hydrogen-bond acceptors (Lipinski definition) is 8. The Balaban J connectivity index is 1.94. The van der Waals surface area contributed by atoms with Crippen LogP contribution in [-0.2, 0) is 9.59 Å². The van der Waals surface area contributed by atoms with E-state index in [4.69, 9.17) is 18.9 Å². The van der Waals surface area contributed by atoms with E-state index in [9.17, 15) is 9.59 Å². The Morgan fingerprint density at radius 3 is 2.17 bits per heavy atom. The number of hydrogen-bond donors (Lipinski definition) is 2. The molecule has 0 saturated heterocycles. The van der Waals surface area contributed by atoms with Gasteiger partial charge in [-0.15, -0.1) is 0 Å². The third-order valence-corrected chi connectivity index (χ3v) is 6.05. The van der Waals surface area contributed by atoms with Crippen molar-refractivity contribution in [2.75, 3.05) is 40.3 Å². The zero-order valence-electron chi connectivity index (χ0n) is 20.4. The van der Waals surface area contributed by atoms with Crippen molar-refractivity contribution >= 4 is 29.0 Å². The molecule has 0 aliphatic rings. The second kappa shape index (κ2) is 12.1. The maximum Gasteiger partial charge on any atom is 0.243 e. The molecule has 0 fully saturated rings. The molecule has 1 aromatic heterocycles. The summed E-state index contributed by atoms with van der Waals surface area (Å²) in [4.78, 5) is 25.0. The average molecular weight is 500 g/mol. The molecule has 0 bridgehead atoms. The Labute approximate surface area is 208 Å². The monoisotopic (exact) mass is 499 g/mol. The molecule has 0 atom stereocenters. The van der Waals surface area contributed by atoms with Crippen LogP contribution in [0.2, 0.25) is 0 Å². The standard InChI is InChI=1S/C25H29N3O6S/c1-6-7-22(29)26-14-23(30)28-18-10-15(8-9-19(18)31-2)17-13-27-35-25(17)16-11-20(32-3)24(34-5)21(12-16)33-4/h8-13H,6-7,14H2,1-5H3,(H,26,29)(H,28,30). The Bertz CT molecular complexity index is 1170. The van der Waals surface area contributed by atoms with Gasteiger partial charge in [0, 0.05) is 23.7 Å². The van der Waals surface area contributed by atoms with Gasteiger partial charge in [0.15, 0.2) is 11.5 Å². The zero-order chi connectivity index (χ0) is 25.4. The van der Waals surface area contributed by atoms with E-state index in [1.807, 2.05) is 31.2 Å². The molecule has 1 heterocycles. The van der Waals surface area contributed by atoms with Gasteiger partial charge in [0.2, 0.25) is 17.6 Å². The summed E-state index contributed by atoms with van der Waals surface area (Å²) in [6.07, 6.45) is 2.86. The maximum absolute atomic E-state index is 12.4. The summed E-state index contributed by atoms with van der Waals surface area (Å²) in [6, 6.07) is 9.21. The quantitative estimate of drug-likeness (QED) is 0.403. The van der Waals surface area contributed by atoms with Gasteiger partial charge in [-0.05, 0) is 47.8 Å². The number of nitrogens with one attached hydrogen (secondary N) is 2. The van der Waals surface area contributed by atoms with Gasteiger partial charge in [-0.25, -0.2) is 0 Å². The van der Waals surface area contributed by atoms with E-state index in [1.54, 1.807) is 33.6 Å². The van der Waals surface area contributed by atoms with Crippen LogP contribution in [0.15, 0.2) is 36.5 Å². The molecule has 0 aliphatic carbocycles. The predicted octanol–water partition coefficient (Wildman–Crippen LogP) is 4.37. The fraction of sp³-hybridized carbons (Fsp3) is 0.320. The summed E-state index contributed by atoms with van der Waals surface area (Å²) in [6.45, 7) is 1.78. The van der Waals surface area contributed by atoms with Crippen LogP contribution in [0.3, 0.4) is 0 Å². The van der Waals surface area contributed by atoms with Crippen LogP contribution in [0.25, 0.3) is 21.6 Å². The van der Waals surface area contributed by atoms with E-state index in [-0.39, 0.29) is 18.4 Å². The summed E-state index contributed by atoms with van der Waals surface area (Å²) in [5, 5.41) is 5.43. The van der Waals surface area contributed by atoms with Crippen molar-refractivity contribution in [3.63, 3.8) is 0 Å². The minimum Gasteiger partial charge on any atom is -0.495 e. The Kier molecular flexibility index (Phi) is 8.91. The fourth-order valence-electron chi connectivity index (χ4n) is 3.53. The molecule has 0 aliphatic heterocycles. The minimum atomic E-state index is -0.349. The highest BCUT2D eigenvalue weighted by Gasteiger charge is 2.19. The van der Waals surface area contributed by atoms with Gasteiger partial charge in [-0.2, -0.15) is 4.37 Å². The van der Waals surface area contributed by atoms with E-state index in [2.05, 4.69) is 15.0 Å². The van der Waals surface area contributed by atoms with Gasteiger partial charge >= 0.3 is 0 Å². The molecule has 2 amide bonds. The van der Waals surface area contributed by atoms with Crippen molar-refractivity contribution in [1.82, 2.24) is 9.69 Å². The van der Waals surface area contributed by atoms with Crippen LogP contribution in [0.4, 0.5) is 5.69 Å². The lowest BCUT2D eigenvalue weighted by Gasteiger charge is -2.15. The highest BCUT2D eigenvalue weighted by atomic mass is 32.1. The summed E-state index contributed by atoms with van der Waals surface area (Å²) in [5.74, 6) is 1.56. The highest BCUT2D eigenvalue weighted by Crippen LogP contribution is 2.45. The molecule has 2 aromatic carbocycles. The molecule has 186 valence electrons. The number of aromatic nitrogens is 1. The number of ether oxygens (including phenoxy) is 4. The van der Waals surface area contributed by atoms with E-state index >= 15 is 0 Å². The third-order valence-electron chi connectivity index (χ3n) is 5.21. The molecule has 3 rings (SSSR count). The third kappa shape index (κ3) is 6.02. The highest BCUT2D eigenvalue weighted by molar-refractivity contribution is 7.10. The molecule has 0 spiro atoms. The number of rotatable bonds is 11. The number of methoxy groups -OCH3 is 4. The smallest absolute Gasteiger partial charge is 0.243 e. The largest absolute Gasteiger partial charge is 0.495 e. The number of amides is 2. The van der Waals surface area contributed by atoms with Crippen LogP contribution in [-0.4, -0.2) is 51.2 Å². The Morgan fingerprint density at radius 1 is 0.886 bits per heavy atom. The topological polar surface area (TPSA) is 108 Å². The van der Waals surface area contributed by atoms with Crippen molar-refractivity contribution < 1.29 is 28.5 Å². The van der Waals surface area contributed by atoms with Crippen molar-refractivity contribution in [3.05, 3.63) is 36.5 Å². The minimum absolute atomic E-state index is 0.122. The number of carbonyl (C=O) groups is 2.